The number of aliphatic carboxylic acids is 1. The standard InChI is InChI=1S/C14H28O3/c1-12(2)11-17-10-8-6-5-7-9-14(3,4)13(15)16/h12H,5-11H2,1-4H3,(H,15,16). The maximum absolute atomic E-state index is 10.9. The van der Waals surface area contributed by atoms with Gasteiger partial charge in [0.25, 0.3) is 0 Å². The molecule has 0 spiro atoms. The van der Waals surface area contributed by atoms with Gasteiger partial charge in [-0.25, -0.2) is 0 Å². The lowest BCUT2D eigenvalue weighted by Crippen LogP contribution is -2.23. The van der Waals surface area contributed by atoms with Crippen molar-refractivity contribution in [2.24, 2.45) is 11.3 Å². The summed E-state index contributed by atoms with van der Waals surface area (Å²) in [6, 6.07) is 0. The molecule has 0 unspecified atom stereocenters. The van der Waals surface area contributed by atoms with Crippen molar-refractivity contribution < 1.29 is 14.6 Å². The van der Waals surface area contributed by atoms with Gasteiger partial charge in [-0.05, 0) is 32.6 Å². The van der Waals surface area contributed by atoms with E-state index in [2.05, 4.69) is 13.8 Å². The zero-order valence-corrected chi connectivity index (χ0v) is 11.8. The monoisotopic (exact) mass is 244 g/mol. The van der Waals surface area contributed by atoms with E-state index in [9.17, 15) is 4.79 Å². The quantitative estimate of drug-likeness (QED) is 0.596. The molecule has 3 nitrogen and oxygen atoms in total. The molecule has 3 heteroatoms. The number of carboxylic acid groups (broad SMARTS) is 1. The molecule has 0 aliphatic heterocycles. The molecule has 0 rings (SSSR count). The molecule has 0 aliphatic rings. The summed E-state index contributed by atoms with van der Waals surface area (Å²) in [5.41, 5.74) is -0.575. The third-order valence-corrected chi connectivity index (χ3v) is 2.87. The van der Waals surface area contributed by atoms with Crippen LogP contribution in [0.2, 0.25) is 0 Å². The molecule has 0 aromatic rings. The van der Waals surface area contributed by atoms with Gasteiger partial charge >= 0.3 is 5.97 Å². The average Bonchev–Trinajstić information content (AvgIpc) is 2.21. The van der Waals surface area contributed by atoms with Crippen LogP contribution < -0.4 is 0 Å². The molecule has 1 N–H and O–H groups in total. The third-order valence-electron chi connectivity index (χ3n) is 2.87. The van der Waals surface area contributed by atoms with Crippen molar-refractivity contribution in [1.29, 1.82) is 0 Å². The van der Waals surface area contributed by atoms with E-state index in [0.29, 0.717) is 5.92 Å². The highest BCUT2D eigenvalue weighted by molar-refractivity contribution is 5.73. The molecule has 0 amide bonds. The summed E-state index contributed by atoms with van der Waals surface area (Å²) in [4.78, 5) is 10.9. The van der Waals surface area contributed by atoms with Crippen molar-refractivity contribution in [2.45, 2.75) is 59.8 Å². The predicted molar refractivity (Wildman–Crippen MR) is 70.2 cm³/mol. The van der Waals surface area contributed by atoms with Gasteiger partial charge in [0.05, 0.1) is 5.41 Å². The fourth-order valence-corrected chi connectivity index (χ4v) is 1.55. The maximum atomic E-state index is 10.9. The number of hydrogen-bond donors (Lipinski definition) is 1. The third kappa shape index (κ3) is 9.16. The first-order chi connectivity index (χ1) is 7.86. The van der Waals surface area contributed by atoms with E-state index in [1.54, 1.807) is 13.8 Å². The van der Waals surface area contributed by atoms with E-state index in [1.807, 2.05) is 0 Å². The van der Waals surface area contributed by atoms with Crippen LogP contribution >= 0.6 is 0 Å². The Morgan fingerprint density at radius 3 is 2.29 bits per heavy atom. The number of hydrogen-bond acceptors (Lipinski definition) is 2. The smallest absolute Gasteiger partial charge is 0.309 e. The minimum absolute atomic E-state index is 0.575. The molecule has 0 fully saturated rings. The van der Waals surface area contributed by atoms with Gasteiger partial charge in [0.1, 0.15) is 0 Å². The van der Waals surface area contributed by atoms with Crippen molar-refractivity contribution >= 4 is 5.97 Å². The summed E-state index contributed by atoms with van der Waals surface area (Å²) < 4.78 is 5.49. The van der Waals surface area contributed by atoms with Crippen molar-refractivity contribution in [3.8, 4) is 0 Å². The van der Waals surface area contributed by atoms with E-state index >= 15 is 0 Å². The molecular formula is C14H28O3. The Labute approximate surface area is 106 Å². The summed E-state index contributed by atoms with van der Waals surface area (Å²) in [5, 5.41) is 8.95. The molecular weight excluding hydrogens is 216 g/mol. The summed E-state index contributed by atoms with van der Waals surface area (Å²) in [5.74, 6) is -0.0934. The van der Waals surface area contributed by atoms with Gasteiger partial charge in [-0.15, -0.1) is 0 Å². The van der Waals surface area contributed by atoms with E-state index < -0.39 is 11.4 Å². The highest BCUT2D eigenvalue weighted by Crippen LogP contribution is 2.23. The highest BCUT2D eigenvalue weighted by Gasteiger charge is 2.25. The van der Waals surface area contributed by atoms with Crippen LogP contribution in [-0.2, 0) is 9.53 Å². The lowest BCUT2D eigenvalue weighted by atomic mass is 9.87. The predicted octanol–water partition coefficient (Wildman–Crippen LogP) is 3.72. The lowest BCUT2D eigenvalue weighted by molar-refractivity contribution is -0.147. The molecule has 17 heavy (non-hydrogen) atoms. The fraction of sp³-hybridized carbons (Fsp3) is 0.929. The first-order valence-corrected chi connectivity index (χ1v) is 6.67. The Kier molecular flexibility index (Phi) is 8.23. The molecule has 0 bridgehead atoms. The Bertz CT molecular complexity index is 210. The number of carbonyl (C=O) groups is 1. The molecule has 0 saturated heterocycles. The van der Waals surface area contributed by atoms with Crippen molar-refractivity contribution in [3.05, 3.63) is 0 Å². The van der Waals surface area contributed by atoms with Crippen LogP contribution in [0, 0.1) is 11.3 Å². The minimum Gasteiger partial charge on any atom is -0.481 e. The van der Waals surface area contributed by atoms with Gasteiger partial charge in [-0.2, -0.15) is 0 Å². The van der Waals surface area contributed by atoms with E-state index in [4.69, 9.17) is 9.84 Å². The molecule has 0 heterocycles. The van der Waals surface area contributed by atoms with E-state index in [1.165, 1.54) is 0 Å². The Balaban J connectivity index is 3.33. The van der Waals surface area contributed by atoms with Crippen molar-refractivity contribution in [3.63, 3.8) is 0 Å². The Morgan fingerprint density at radius 2 is 1.76 bits per heavy atom. The van der Waals surface area contributed by atoms with Crippen molar-refractivity contribution in [1.82, 2.24) is 0 Å². The molecule has 102 valence electrons. The highest BCUT2D eigenvalue weighted by atomic mass is 16.5. The van der Waals surface area contributed by atoms with Gasteiger partial charge < -0.3 is 9.84 Å². The molecule has 0 aromatic carbocycles. The average molecular weight is 244 g/mol. The summed E-state index contributed by atoms with van der Waals surface area (Å²) >= 11 is 0. The zero-order valence-electron chi connectivity index (χ0n) is 11.8. The van der Waals surface area contributed by atoms with Gasteiger partial charge in [0, 0.05) is 13.2 Å². The molecule has 0 aliphatic carbocycles. The molecule has 0 radical (unpaired) electrons. The molecule has 0 atom stereocenters. The number of unbranched alkanes of at least 4 members (excludes halogenated alkanes) is 3. The lowest BCUT2D eigenvalue weighted by Gasteiger charge is -2.18. The second-order valence-electron chi connectivity index (χ2n) is 5.82. The zero-order chi connectivity index (χ0) is 13.3. The van der Waals surface area contributed by atoms with Gasteiger partial charge in [0.2, 0.25) is 0 Å². The molecule has 0 saturated carbocycles. The van der Waals surface area contributed by atoms with Crippen LogP contribution in [0.25, 0.3) is 0 Å². The van der Waals surface area contributed by atoms with Crippen LogP contribution in [0.1, 0.15) is 59.8 Å². The number of carboxylic acids is 1. The summed E-state index contributed by atoms with van der Waals surface area (Å²) in [6.07, 6.45) is 5.06. The fourth-order valence-electron chi connectivity index (χ4n) is 1.55. The van der Waals surface area contributed by atoms with Crippen LogP contribution in [0.15, 0.2) is 0 Å². The first kappa shape index (κ1) is 16.4. The van der Waals surface area contributed by atoms with Crippen LogP contribution in [0.4, 0.5) is 0 Å². The Morgan fingerprint density at radius 1 is 1.18 bits per heavy atom. The van der Waals surface area contributed by atoms with Crippen molar-refractivity contribution in [2.75, 3.05) is 13.2 Å². The van der Waals surface area contributed by atoms with Crippen LogP contribution in [0.5, 0.6) is 0 Å². The largest absolute Gasteiger partial charge is 0.481 e. The summed E-state index contributed by atoms with van der Waals surface area (Å²) in [7, 11) is 0. The second kappa shape index (κ2) is 8.51. The van der Waals surface area contributed by atoms with Gasteiger partial charge in [-0.3, -0.25) is 4.79 Å². The topological polar surface area (TPSA) is 46.5 Å². The van der Waals surface area contributed by atoms with E-state index in [0.717, 1.165) is 45.3 Å². The Hall–Kier alpha value is -0.570. The van der Waals surface area contributed by atoms with Crippen LogP contribution in [0.3, 0.4) is 0 Å². The van der Waals surface area contributed by atoms with Gasteiger partial charge in [-0.1, -0.05) is 33.1 Å². The first-order valence-electron chi connectivity index (χ1n) is 6.67. The molecule has 0 aromatic heterocycles. The SMILES string of the molecule is CC(C)COCCCCCCC(C)(C)C(=O)O. The van der Waals surface area contributed by atoms with Crippen LogP contribution in [-0.4, -0.2) is 24.3 Å². The van der Waals surface area contributed by atoms with Gasteiger partial charge in [0.15, 0.2) is 0 Å². The normalized spacial score (nSPS) is 12.1. The summed E-state index contributed by atoms with van der Waals surface area (Å²) in [6.45, 7) is 9.55. The van der Waals surface area contributed by atoms with E-state index in [-0.39, 0.29) is 0 Å². The maximum Gasteiger partial charge on any atom is 0.309 e. The minimum atomic E-state index is -0.697. The second-order valence-corrected chi connectivity index (χ2v) is 5.82. The number of rotatable bonds is 10. The number of ether oxygens (including phenoxy) is 1.